The zero-order valence-corrected chi connectivity index (χ0v) is 14.4. The number of carbonyl (C=O) groups excluding carboxylic acids is 1. The Morgan fingerprint density at radius 3 is 2.64 bits per heavy atom. The molecule has 0 unspecified atom stereocenters. The van der Waals surface area contributed by atoms with E-state index in [9.17, 15) is 14.0 Å². The molecule has 2 atom stereocenters. The van der Waals surface area contributed by atoms with Crippen molar-refractivity contribution >= 4 is 17.2 Å². The van der Waals surface area contributed by atoms with Gasteiger partial charge in [-0.05, 0) is 43.0 Å². The van der Waals surface area contributed by atoms with Crippen LogP contribution in [0.25, 0.3) is 10.8 Å². The Morgan fingerprint density at radius 1 is 1.28 bits per heavy atom. The third kappa shape index (κ3) is 3.69. The number of amides is 1. The summed E-state index contributed by atoms with van der Waals surface area (Å²) in [5, 5.41) is 8.73. The zero-order chi connectivity index (χ0) is 18.0. The summed E-state index contributed by atoms with van der Waals surface area (Å²) in [5.74, 6) is -1.23. The third-order valence-electron chi connectivity index (χ3n) is 3.78. The molecule has 0 bridgehead atoms. The maximum absolute atomic E-state index is 13.0. The van der Waals surface area contributed by atoms with Crippen molar-refractivity contribution in [2.75, 3.05) is 0 Å². The highest BCUT2D eigenvalue weighted by molar-refractivity contribution is 7.13. The van der Waals surface area contributed by atoms with Crippen LogP contribution in [-0.2, 0) is 4.79 Å². The van der Waals surface area contributed by atoms with Gasteiger partial charge in [-0.15, -0.1) is 16.4 Å². The molecule has 2 aromatic heterocycles. The lowest BCUT2D eigenvalue weighted by Crippen LogP contribution is -2.36. The lowest BCUT2D eigenvalue weighted by Gasteiger charge is -2.17. The fourth-order valence-electron chi connectivity index (χ4n) is 2.31. The Kier molecular flexibility index (Phi) is 4.80. The molecule has 0 saturated heterocycles. The van der Waals surface area contributed by atoms with Gasteiger partial charge in [0.05, 0.1) is 10.9 Å². The number of carbonyl (C=O) groups is 1. The molecule has 6 nitrogen and oxygen atoms in total. The first kappa shape index (κ1) is 17.1. The van der Waals surface area contributed by atoms with Crippen LogP contribution in [0.5, 0.6) is 0 Å². The Hall–Kier alpha value is -2.74. The van der Waals surface area contributed by atoms with E-state index in [0.29, 0.717) is 4.88 Å². The molecule has 0 aliphatic rings. The second-order valence-electron chi connectivity index (χ2n) is 5.55. The minimum Gasteiger partial charge on any atom is -0.387 e. The summed E-state index contributed by atoms with van der Waals surface area (Å²) in [6.07, 6.45) is 0. The van der Waals surface area contributed by atoms with Crippen molar-refractivity contribution in [3.63, 3.8) is 0 Å². The molecule has 8 heteroatoms. The van der Waals surface area contributed by atoms with E-state index in [1.807, 2.05) is 11.4 Å². The summed E-state index contributed by atoms with van der Waals surface area (Å²) in [6.45, 7) is 3.34. The van der Waals surface area contributed by atoms with E-state index in [4.69, 9.17) is 4.42 Å². The van der Waals surface area contributed by atoms with Gasteiger partial charge in [0, 0.05) is 0 Å². The van der Waals surface area contributed by atoms with Gasteiger partial charge >= 0.3 is 5.76 Å². The largest absolute Gasteiger partial charge is 0.438 e. The molecule has 1 amide bonds. The Bertz CT molecular complexity index is 916. The van der Waals surface area contributed by atoms with Gasteiger partial charge in [-0.1, -0.05) is 18.2 Å². The highest BCUT2D eigenvalue weighted by Crippen LogP contribution is 2.22. The van der Waals surface area contributed by atoms with Crippen LogP contribution in [0, 0.1) is 5.82 Å². The van der Waals surface area contributed by atoms with Crippen LogP contribution in [-0.4, -0.2) is 15.7 Å². The topological polar surface area (TPSA) is 77.1 Å². The number of nitrogens with zero attached hydrogens (tertiary/aromatic N) is 2. The van der Waals surface area contributed by atoms with Gasteiger partial charge < -0.3 is 9.73 Å². The normalized spacial score (nSPS) is 13.4. The minimum absolute atomic E-state index is 0.186. The second-order valence-corrected chi connectivity index (χ2v) is 6.50. The molecular weight excluding hydrogens is 345 g/mol. The number of nitrogens with one attached hydrogen (secondary N) is 1. The van der Waals surface area contributed by atoms with Crippen LogP contribution in [0.3, 0.4) is 0 Å². The molecule has 3 rings (SSSR count). The van der Waals surface area contributed by atoms with Crippen LogP contribution in [0.4, 0.5) is 4.39 Å². The Morgan fingerprint density at radius 2 is 2.00 bits per heavy atom. The van der Waals surface area contributed by atoms with E-state index in [2.05, 4.69) is 10.4 Å². The van der Waals surface area contributed by atoms with Crippen LogP contribution in [0.2, 0.25) is 0 Å². The van der Waals surface area contributed by atoms with Gasteiger partial charge in [0.15, 0.2) is 0 Å². The molecule has 2 heterocycles. The smallest absolute Gasteiger partial charge is 0.387 e. The molecule has 1 aromatic carbocycles. The number of thiophene rings is 1. The molecule has 130 valence electrons. The fourth-order valence-corrected chi connectivity index (χ4v) is 2.96. The zero-order valence-electron chi connectivity index (χ0n) is 13.6. The average molecular weight is 361 g/mol. The lowest BCUT2D eigenvalue weighted by atomic mass is 10.1. The minimum atomic E-state index is -0.840. The van der Waals surface area contributed by atoms with Gasteiger partial charge in [-0.3, -0.25) is 4.79 Å². The standard InChI is InChI=1S/C17H16FN3O3S/c1-10(12-5-7-13(18)8-6-12)19-15(22)11(2)21-17(23)24-16(20-21)14-4-3-9-25-14/h3-11H,1-2H3,(H,19,22)/t10-,11-/m0/s1. The number of halogens is 1. The fraction of sp³-hybridized carbons (Fsp3) is 0.235. The quantitative estimate of drug-likeness (QED) is 0.757. The van der Waals surface area contributed by atoms with Crippen molar-refractivity contribution in [3.8, 4) is 10.8 Å². The molecule has 0 saturated carbocycles. The van der Waals surface area contributed by atoms with Crippen molar-refractivity contribution in [3.05, 3.63) is 63.7 Å². The van der Waals surface area contributed by atoms with E-state index in [1.54, 1.807) is 32.0 Å². The summed E-state index contributed by atoms with van der Waals surface area (Å²) in [5.41, 5.74) is 0.758. The molecule has 0 spiro atoms. The highest BCUT2D eigenvalue weighted by Gasteiger charge is 2.23. The van der Waals surface area contributed by atoms with Crippen LogP contribution < -0.4 is 11.1 Å². The number of hydrogen-bond acceptors (Lipinski definition) is 5. The third-order valence-corrected chi connectivity index (χ3v) is 4.63. The van der Waals surface area contributed by atoms with Gasteiger partial charge in [0.1, 0.15) is 11.9 Å². The molecule has 25 heavy (non-hydrogen) atoms. The summed E-state index contributed by atoms with van der Waals surface area (Å²) in [7, 11) is 0. The van der Waals surface area contributed by atoms with Crippen LogP contribution in [0.1, 0.15) is 31.5 Å². The maximum atomic E-state index is 13.0. The van der Waals surface area contributed by atoms with Gasteiger partial charge in [-0.2, -0.15) is 4.68 Å². The molecule has 1 N–H and O–H groups in total. The molecule has 0 fully saturated rings. The summed E-state index contributed by atoms with van der Waals surface area (Å²) in [6, 6.07) is 8.28. The van der Waals surface area contributed by atoms with Gasteiger partial charge in [-0.25, -0.2) is 9.18 Å². The Labute approximate surface area is 146 Å². The van der Waals surface area contributed by atoms with Crippen LogP contribution in [0.15, 0.2) is 51.0 Å². The van der Waals surface area contributed by atoms with Crippen LogP contribution >= 0.6 is 11.3 Å². The first-order chi connectivity index (χ1) is 12.0. The molecule has 0 aliphatic carbocycles. The van der Waals surface area contributed by atoms with Crippen molar-refractivity contribution in [1.29, 1.82) is 0 Å². The predicted octanol–water partition coefficient (Wildman–Crippen LogP) is 3.14. The second kappa shape index (κ2) is 7.02. The summed E-state index contributed by atoms with van der Waals surface area (Å²) < 4.78 is 19.1. The monoisotopic (exact) mass is 361 g/mol. The predicted molar refractivity (Wildman–Crippen MR) is 91.7 cm³/mol. The van der Waals surface area contributed by atoms with Crippen molar-refractivity contribution in [2.24, 2.45) is 0 Å². The first-order valence-corrected chi connectivity index (χ1v) is 8.53. The summed E-state index contributed by atoms with van der Waals surface area (Å²) >= 11 is 1.39. The maximum Gasteiger partial charge on any atom is 0.438 e. The SMILES string of the molecule is C[C@H](NC(=O)[C@H](C)n1nc(-c2cccs2)oc1=O)c1ccc(F)cc1. The first-order valence-electron chi connectivity index (χ1n) is 7.65. The number of hydrogen-bond donors (Lipinski definition) is 1. The average Bonchev–Trinajstić information content (AvgIpc) is 3.24. The molecule has 0 aliphatic heterocycles. The summed E-state index contributed by atoms with van der Waals surface area (Å²) in [4.78, 5) is 25.1. The molecule has 3 aromatic rings. The Balaban J connectivity index is 1.74. The number of rotatable bonds is 5. The van der Waals surface area contributed by atoms with E-state index in [-0.39, 0.29) is 23.7 Å². The van der Waals surface area contributed by atoms with Gasteiger partial charge in [0.2, 0.25) is 5.91 Å². The molecular formula is C17H16FN3O3S. The lowest BCUT2D eigenvalue weighted by molar-refractivity contribution is -0.124. The van der Waals surface area contributed by atoms with E-state index in [1.165, 1.54) is 23.5 Å². The van der Waals surface area contributed by atoms with Crippen molar-refractivity contribution < 1.29 is 13.6 Å². The van der Waals surface area contributed by atoms with E-state index < -0.39 is 11.8 Å². The highest BCUT2D eigenvalue weighted by atomic mass is 32.1. The van der Waals surface area contributed by atoms with Crippen molar-refractivity contribution in [2.45, 2.75) is 25.9 Å². The molecule has 0 radical (unpaired) electrons. The van der Waals surface area contributed by atoms with E-state index >= 15 is 0 Å². The number of benzene rings is 1. The number of aromatic nitrogens is 2. The van der Waals surface area contributed by atoms with Crippen molar-refractivity contribution in [1.82, 2.24) is 15.1 Å². The van der Waals surface area contributed by atoms with E-state index in [0.717, 1.165) is 10.2 Å². The van der Waals surface area contributed by atoms with Gasteiger partial charge in [0.25, 0.3) is 5.89 Å².